The lowest BCUT2D eigenvalue weighted by atomic mass is 9.97. The second-order valence-corrected chi connectivity index (χ2v) is 3.99. The van der Waals surface area contributed by atoms with Crippen molar-refractivity contribution in [2.75, 3.05) is 6.54 Å². The number of β-lactam (4-membered cyclic amide) rings is 1. The van der Waals surface area contributed by atoms with Crippen molar-refractivity contribution >= 4 is 17.8 Å². The zero-order valence-electron chi connectivity index (χ0n) is 9.42. The van der Waals surface area contributed by atoms with Crippen LogP contribution in [-0.4, -0.2) is 35.5 Å². The second-order valence-electron chi connectivity index (χ2n) is 3.99. The number of nitrogens with one attached hydrogen (secondary N) is 2. The van der Waals surface area contributed by atoms with E-state index in [1.165, 1.54) is 0 Å². The third kappa shape index (κ3) is 2.32. The van der Waals surface area contributed by atoms with E-state index in [0.717, 1.165) is 0 Å². The molecule has 6 nitrogen and oxygen atoms in total. The van der Waals surface area contributed by atoms with Crippen LogP contribution in [0, 0.1) is 0 Å². The molecule has 18 heavy (non-hydrogen) atoms. The van der Waals surface area contributed by atoms with Gasteiger partial charge in [0.1, 0.15) is 6.04 Å². The van der Waals surface area contributed by atoms with Crippen LogP contribution >= 0.6 is 0 Å². The van der Waals surface area contributed by atoms with Crippen LogP contribution in [0.4, 0.5) is 0 Å². The summed E-state index contributed by atoms with van der Waals surface area (Å²) in [5.41, 5.74) is 0.391. The molecule has 1 aromatic carbocycles. The fourth-order valence-corrected chi connectivity index (χ4v) is 1.71. The molecule has 0 aliphatic carbocycles. The predicted octanol–water partition coefficient (Wildman–Crippen LogP) is -0.531. The molecule has 0 radical (unpaired) electrons. The van der Waals surface area contributed by atoms with Gasteiger partial charge in [-0.3, -0.25) is 14.4 Å². The van der Waals surface area contributed by atoms with Gasteiger partial charge in [-0.2, -0.15) is 0 Å². The van der Waals surface area contributed by atoms with Crippen LogP contribution in [-0.2, 0) is 14.4 Å². The maximum absolute atomic E-state index is 11.9. The van der Waals surface area contributed by atoms with Crippen molar-refractivity contribution in [3.8, 4) is 0 Å². The molecule has 0 aromatic heterocycles. The number of hydrogen-bond acceptors (Lipinski definition) is 3. The van der Waals surface area contributed by atoms with E-state index in [9.17, 15) is 14.4 Å². The molecular weight excluding hydrogens is 236 g/mol. The highest BCUT2D eigenvalue weighted by Gasteiger charge is 2.34. The van der Waals surface area contributed by atoms with Crippen molar-refractivity contribution in [3.05, 3.63) is 35.9 Å². The van der Waals surface area contributed by atoms with E-state index < -0.39 is 23.8 Å². The zero-order valence-corrected chi connectivity index (χ0v) is 9.42. The summed E-state index contributed by atoms with van der Waals surface area (Å²) < 4.78 is 0. The summed E-state index contributed by atoms with van der Waals surface area (Å²) >= 11 is 0. The summed E-state index contributed by atoms with van der Waals surface area (Å²) in [6.45, 7) is 0.339. The Kier molecular flexibility index (Phi) is 3.27. The molecule has 2 amide bonds. The number of rotatable bonds is 4. The van der Waals surface area contributed by atoms with Crippen LogP contribution < -0.4 is 10.6 Å². The van der Waals surface area contributed by atoms with Crippen LogP contribution in [0.25, 0.3) is 0 Å². The number of carboxylic acids is 1. The highest BCUT2D eigenvalue weighted by molar-refractivity contribution is 6.04. The van der Waals surface area contributed by atoms with E-state index in [1.54, 1.807) is 30.3 Å². The van der Waals surface area contributed by atoms with E-state index in [0.29, 0.717) is 12.1 Å². The quantitative estimate of drug-likeness (QED) is 0.493. The highest BCUT2D eigenvalue weighted by Crippen LogP contribution is 2.16. The largest absolute Gasteiger partial charge is 0.480 e. The molecule has 1 unspecified atom stereocenters. The smallest absolute Gasteiger partial charge is 0.320 e. The molecule has 1 aliphatic heterocycles. The fraction of sp³-hybridized carbons (Fsp3) is 0.250. The summed E-state index contributed by atoms with van der Waals surface area (Å²) in [6, 6.07) is 7.57. The van der Waals surface area contributed by atoms with Crippen LogP contribution in [0.5, 0.6) is 0 Å². The molecule has 3 N–H and O–H groups in total. The number of carbonyl (C=O) groups is 3. The van der Waals surface area contributed by atoms with Gasteiger partial charge in [0.15, 0.2) is 5.92 Å². The average molecular weight is 248 g/mol. The highest BCUT2D eigenvalue weighted by atomic mass is 16.4. The van der Waals surface area contributed by atoms with Gasteiger partial charge in [0.25, 0.3) is 0 Å². The Labute approximate surface area is 103 Å². The molecule has 1 saturated heterocycles. The first kappa shape index (κ1) is 12.1. The molecule has 2 atom stereocenters. The number of aliphatic carboxylic acids is 1. The van der Waals surface area contributed by atoms with Gasteiger partial charge >= 0.3 is 5.97 Å². The molecule has 1 aromatic rings. The topological polar surface area (TPSA) is 95.5 Å². The molecule has 0 bridgehead atoms. The Morgan fingerprint density at radius 3 is 2.44 bits per heavy atom. The van der Waals surface area contributed by atoms with Gasteiger partial charge in [-0.25, -0.2) is 0 Å². The molecule has 1 fully saturated rings. The first-order valence-corrected chi connectivity index (χ1v) is 5.45. The number of benzene rings is 1. The maximum Gasteiger partial charge on any atom is 0.320 e. The van der Waals surface area contributed by atoms with Crippen LogP contribution in [0.1, 0.15) is 11.5 Å². The zero-order chi connectivity index (χ0) is 13.1. The van der Waals surface area contributed by atoms with Gasteiger partial charge in [-0.05, 0) is 5.56 Å². The minimum absolute atomic E-state index is 0.291. The first-order valence-electron chi connectivity index (χ1n) is 5.45. The molecule has 0 spiro atoms. The average Bonchev–Trinajstić information content (AvgIpc) is 2.35. The van der Waals surface area contributed by atoms with Crippen LogP contribution in [0.2, 0.25) is 0 Å². The molecule has 2 rings (SSSR count). The molecule has 0 saturated carbocycles. The van der Waals surface area contributed by atoms with Crippen molar-refractivity contribution in [3.63, 3.8) is 0 Å². The Morgan fingerprint density at radius 2 is 2.00 bits per heavy atom. The van der Waals surface area contributed by atoms with Gasteiger partial charge in [0.05, 0.1) is 0 Å². The number of carbonyl (C=O) groups excluding carboxylic acids is 2. The molecular formula is C12H12N2O4. The van der Waals surface area contributed by atoms with Crippen molar-refractivity contribution < 1.29 is 19.5 Å². The summed E-state index contributed by atoms with van der Waals surface area (Å²) in [5, 5.41) is 14.0. The van der Waals surface area contributed by atoms with E-state index in [4.69, 9.17) is 5.11 Å². The molecule has 94 valence electrons. The SMILES string of the molecule is O=C(O)C(C(=O)N[C@H]1CNC1=O)c1ccccc1. The van der Waals surface area contributed by atoms with Gasteiger partial charge in [0, 0.05) is 6.54 Å². The van der Waals surface area contributed by atoms with E-state index in [2.05, 4.69) is 10.6 Å². The lowest BCUT2D eigenvalue weighted by Gasteiger charge is -2.27. The third-order valence-corrected chi connectivity index (χ3v) is 2.76. The summed E-state index contributed by atoms with van der Waals surface area (Å²) in [4.78, 5) is 34.0. The molecule has 6 heteroatoms. The Hall–Kier alpha value is -2.37. The minimum atomic E-state index is -1.29. The summed E-state index contributed by atoms with van der Waals surface area (Å²) in [6.07, 6.45) is 0. The lowest BCUT2D eigenvalue weighted by molar-refractivity contribution is -0.145. The number of carboxylic acid groups (broad SMARTS) is 1. The van der Waals surface area contributed by atoms with Gasteiger partial charge < -0.3 is 15.7 Å². The predicted molar refractivity (Wildman–Crippen MR) is 61.8 cm³/mol. The monoisotopic (exact) mass is 248 g/mol. The molecule has 1 heterocycles. The number of amides is 2. The second kappa shape index (κ2) is 4.87. The van der Waals surface area contributed by atoms with Crippen molar-refractivity contribution in [1.82, 2.24) is 10.6 Å². The van der Waals surface area contributed by atoms with Crippen LogP contribution in [0.3, 0.4) is 0 Å². The maximum atomic E-state index is 11.9. The van der Waals surface area contributed by atoms with Crippen LogP contribution in [0.15, 0.2) is 30.3 Å². The standard InChI is InChI=1S/C12H12N2O4/c15-10-8(6-13-10)14-11(16)9(12(17)18)7-4-2-1-3-5-7/h1-5,8-9H,6H2,(H,13,15)(H,14,16)(H,17,18)/t8-,9?/m0/s1. The Morgan fingerprint density at radius 1 is 1.33 bits per heavy atom. The Balaban J connectivity index is 2.13. The van der Waals surface area contributed by atoms with Crippen molar-refractivity contribution in [2.24, 2.45) is 0 Å². The minimum Gasteiger partial charge on any atom is -0.480 e. The molecule has 1 aliphatic rings. The van der Waals surface area contributed by atoms with Gasteiger partial charge in [-0.15, -0.1) is 0 Å². The first-order chi connectivity index (χ1) is 8.59. The van der Waals surface area contributed by atoms with Crippen molar-refractivity contribution in [1.29, 1.82) is 0 Å². The number of hydrogen-bond donors (Lipinski definition) is 3. The third-order valence-electron chi connectivity index (χ3n) is 2.76. The van der Waals surface area contributed by atoms with E-state index in [-0.39, 0.29) is 5.91 Å². The Bertz CT molecular complexity index is 486. The van der Waals surface area contributed by atoms with Gasteiger partial charge in [-0.1, -0.05) is 30.3 Å². The summed E-state index contributed by atoms with van der Waals surface area (Å²) in [5.74, 6) is -3.49. The normalized spacial score (nSPS) is 19.3. The van der Waals surface area contributed by atoms with E-state index in [1.807, 2.05) is 0 Å². The fourth-order valence-electron chi connectivity index (χ4n) is 1.71. The summed E-state index contributed by atoms with van der Waals surface area (Å²) in [7, 11) is 0. The van der Waals surface area contributed by atoms with E-state index >= 15 is 0 Å². The van der Waals surface area contributed by atoms with Gasteiger partial charge in [0.2, 0.25) is 11.8 Å². The lowest BCUT2D eigenvalue weighted by Crippen LogP contribution is -2.62. The van der Waals surface area contributed by atoms with Crippen molar-refractivity contribution in [2.45, 2.75) is 12.0 Å².